The minimum absolute atomic E-state index is 0. The van der Waals surface area contributed by atoms with E-state index in [0.717, 1.165) is 57.1 Å². The summed E-state index contributed by atoms with van der Waals surface area (Å²) in [5.41, 5.74) is 0.512. The lowest BCUT2D eigenvalue weighted by molar-refractivity contribution is 0.132. The summed E-state index contributed by atoms with van der Waals surface area (Å²) < 4.78 is 56.9. The summed E-state index contributed by atoms with van der Waals surface area (Å²) >= 11 is 0. The number of nitrogens with one attached hydrogen (secondary N) is 1. The van der Waals surface area contributed by atoms with E-state index in [9.17, 15) is 17.6 Å². The van der Waals surface area contributed by atoms with Crippen molar-refractivity contribution < 1.29 is 17.6 Å². The average Bonchev–Trinajstić information content (AvgIpc) is 2.91. The summed E-state index contributed by atoms with van der Waals surface area (Å²) in [7, 11) is 0. The molecule has 4 heterocycles. The summed E-state index contributed by atoms with van der Waals surface area (Å²) in [6.45, 7) is 9.64. The van der Waals surface area contributed by atoms with Gasteiger partial charge in [0.15, 0.2) is 5.82 Å². The molecular formula is C27H28ClF4N7. The maximum Gasteiger partial charge on any atom is 0.264 e. The summed E-state index contributed by atoms with van der Waals surface area (Å²) in [6.07, 6.45) is -0.145. The molecule has 0 aliphatic carbocycles. The van der Waals surface area contributed by atoms with Gasteiger partial charge in [0.2, 0.25) is 5.95 Å². The van der Waals surface area contributed by atoms with Crippen LogP contribution in [-0.4, -0.2) is 62.5 Å². The lowest BCUT2D eigenvalue weighted by Crippen LogP contribution is -2.45. The molecule has 39 heavy (non-hydrogen) atoms. The van der Waals surface area contributed by atoms with E-state index in [1.54, 1.807) is 12.3 Å². The van der Waals surface area contributed by atoms with Gasteiger partial charge in [0.05, 0.1) is 6.20 Å². The number of aromatic nitrogens is 4. The van der Waals surface area contributed by atoms with E-state index < -0.39 is 18.1 Å². The van der Waals surface area contributed by atoms with Crippen LogP contribution in [-0.2, 0) is 6.54 Å². The van der Waals surface area contributed by atoms with Gasteiger partial charge in [-0.15, -0.1) is 12.4 Å². The second-order valence-corrected chi connectivity index (χ2v) is 9.29. The average molecular weight is 562 g/mol. The highest BCUT2D eigenvalue weighted by atomic mass is 35.5. The van der Waals surface area contributed by atoms with Crippen LogP contribution in [0.15, 0.2) is 42.7 Å². The number of hydrogen-bond donors (Lipinski definition) is 1. The van der Waals surface area contributed by atoms with E-state index in [1.807, 2.05) is 6.07 Å². The maximum absolute atomic E-state index is 14.9. The van der Waals surface area contributed by atoms with E-state index >= 15 is 0 Å². The molecule has 1 aliphatic heterocycles. The second-order valence-electron chi connectivity index (χ2n) is 9.29. The lowest BCUT2D eigenvalue weighted by atomic mass is 10.0. The van der Waals surface area contributed by atoms with Gasteiger partial charge in [-0.1, -0.05) is 13.0 Å². The number of alkyl halides is 2. The Labute approximate surface area is 229 Å². The van der Waals surface area contributed by atoms with Crippen molar-refractivity contribution in [1.82, 2.24) is 29.7 Å². The summed E-state index contributed by atoms with van der Waals surface area (Å²) in [5.74, 6) is -1.18. The number of hydrogen-bond acceptors (Lipinski definition) is 7. The number of benzene rings is 1. The molecular weight excluding hydrogens is 534 g/mol. The molecule has 1 aliphatic rings. The minimum atomic E-state index is -2.85. The van der Waals surface area contributed by atoms with Crippen molar-refractivity contribution in [2.75, 3.05) is 38.0 Å². The third-order valence-electron chi connectivity index (χ3n) is 6.66. The number of aryl methyl sites for hydroxylation is 1. The molecule has 3 aromatic heterocycles. The molecule has 1 saturated heterocycles. The molecule has 1 fully saturated rings. The number of anilines is 2. The molecule has 0 unspecified atom stereocenters. The summed E-state index contributed by atoms with van der Waals surface area (Å²) in [4.78, 5) is 21.4. The zero-order valence-corrected chi connectivity index (χ0v) is 22.3. The number of rotatable bonds is 7. The van der Waals surface area contributed by atoms with Gasteiger partial charge in [0.1, 0.15) is 22.8 Å². The normalized spacial score (nSPS) is 14.5. The Bertz CT molecular complexity index is 1440. The van der Waals surface area contributed by atoms with Crippen molar-refractivity contribution in [3.05, 3.63) is 71.2 Å². The van der Waals surface area contributed by atoms with Gasteiger partial charge in [-0.05, 0) is 43.3 Å². The molecule has 0 saturated carbocycles. The van der Waals surface area contributed by atoms with E-state index in [-0.39, 0.29) is 51.8 Å². The van der Waals surface area contributed by atoms with Gasteiger partial charge in [0.25, 0.3) is 6.43 Å². The van der Waals surface area contributed by atoms with Crippen LogP contribution in [0.25, 0.3) is 22.2 Å². The van der Waals surface area contributed by atoms with Crippen molar-refractivity contribution in [2.45, 2.75) is 26.8 Å². The molecule has 206 valence electrons. The van der Waals surface area contributed by atoms with Crippen LogP contribution in [0, 0.1) is 18.6 Å². The van der Waals surface area contributed by atoms with E-state index in [4.69, 9.17) is 0 Å². The standard InChI is InChI=1S/C27H27F4N7.ClH/c1-3-37-6-8-38(9-7-37)15-17-4-5-23(32-13-17)35-27-33-14-22(29)24(36-27)18-11-19-20(26(30)31)10-16(2)34-25(19)21(28)12-18;/h4-5,10-14,26H,3,6-9,15H2,1-2H3,(H,32,33,35,36);1H. The van der Waals surface area contributed by atoms with Crippen LogP contribution < -0.4 is 5.32 Å². The number of pyridine rings is 2. The lowest BCUT2D eigenvalue weighted by Gasteiger charge is -2.33. The van der Waals surface area contributed by atoms with Gasteiger partial charge < -0.3 is 10.2 Å². The Kier molecular flexibility index (Phi) is 8.94. The number of nitrogens with zero attached hydrogens (tertiary/aromatic N) is 6. The number of fused-ring (bicyclic) bond motifs is 1. The second kappa shape index (κ2) is 12.2. The van der Waals surface area contributed by atoms with E-state index in [2.05, 4.69) is 42.0 Å². The third-order valence-corrected chi connectivity index (χ3v) is 6.66. The SMILES string of the molecule is CCN1CCN(Cc2ccc(Nc3ncc(F)c(-c4cc(F)c5nc(C)cc(C(F)F)c5c4)n3)nc2)CC1.Cl. The number of likely N-dealkylation sites (N-methyl/N-ethyl adjacent to an activating group) is 1. The van der Waals surface area contributed by atoms with Gasteiger partial charge in [-0.2, -0.15) is 0 Å². The van der Waals surface area contributed by atoms with Crippen molar-refractivity contribution in [3.63, 3.8) is 0 Å². The first-order valence-electron chi connectivity index (χ1n) is 12.4. The first kappa shape index (κ1) is 28.6. The number of piperazine rings is 1. The van der Waals surface area contributed by atoms with Crippen LogP contribution >= 0.6 is 12.4 Å². The molecule has 0 amide bonds. The van der Waals surface area contributed by atoms with Crippen LogP contribution in [0.5, 0.6) is 0 Å². The minimum Gasteiger partial charge on any atom is -0.309 e. The Morgan fingerprint density at radius 2 is 1.67 bits per heavy atom. The fourth-order valence-electron chi connectivity index (χ4n) is 4.62. The topological polar surface area (TPSA) is 70.1 Å². The predicted octanol–water partition coefficient (Wildman–Crippen LogP) is 5.91. The Balaban J connectivity index is 0.00000353. The Morgan fingerprint density at radius 3 is 2.33 bits per heavy atom. The largest absolute Gasteiger partial charge is 0.309 e. The summed E-state index contributed by atoms with van der Waals surface area (Å²) in [6, 6.07) is 7.23. The van der Waals surface area contributed by atoms with E-state index in [0.29, 0.717) is 5.82 Å². The molecule has 7 nitrogen and oxygen atoms in total. The van der Waals surface area contributed by atoms with Crippen molar-refractivity contribution in [2.24, 2.45) is 0 Å². The van der Waals surface area contributed by atoms with Crippen LogP contribution in [0.1, 0.15) is 30.2 Å². The molecule has 0 spiro atoms. The Morgan fingerprint density at radius 1 is 0.923 bits per heavy atom. The first-order valence-corrected chi connectivity index (χ1v) is 12.4. The Hall–Kier alpha value is -3.41. The van der Waals surface area contributed by atoms with E-state index in [1.165, 1.54) is 19.1 Å². The highest BCUT2D eigenvalue weighted by Gasteiger charge is 2.20. The first-order chi connectivity index (χ1) is 18.3. The molecule has 4 aromatic rings. The van der Waals surface area contributed by atoms with Gasteiger partial charge in [-0.25, -0.2) is 32.5 Å². The van der Waals surface area contributed by atoms with Gasteiger partial charge in [0, 0.05) is 61.1 Å². The summed E-state index contributed by atoms with van der Waals surface area (Å²) in [5, 5.41) is 2.83. The molecule has 1 N–H and O–H groups in total. The zero-order valence-electron chi connectivity index (χ0n) is 21.5. The molecule has 1 aromatic carbocycles. The quantitative estimate of drug-likeness (QED) is 0.281. The predicted molar refractivity (Wildman–Crippen MR) is 145 cm³/mol. The molecule has 12 heteroatoms. The van der Waals surface area contributed by atoms with Crippen molar-refractivity contribution in [1.29, 1.82) is 0 Å². The monoisotopic (exact) mass is 561 g/mol. The van der Waals surface area contributed by atoms with Crippen LogP contribution in [0.3, 0.4) is 0 Å². The highest BCUT2D eigenvalue weighted by molar-refractivity contribution is 5.88. The third kappa shape index (κ3) is 6.43. The molecule has 5 rings (SSSR count). The highest BCUT2D eigenvalue weighted by Crippen LogP contribution is 2.33. The fraction of sp³-hybridized carbons (Fsp3) is 0.333. The van der Waals surface area contributed by atoms with Crippen molar-refractivity contribution in [3.8, 4) is 11.3 Å². The van der Waals surface area contributed by atoms with Gasteiger partial charge in [-0.3, -0.25) is 9.88 Å². The van der Waals surface area contributed by atoms with Crippen LogP contribution in [0.4, 0.5) is 29.3 Å². The zero-order chi connectivity index (χ0) is 26.8. The van der Waals surface area contributed by atoms with Gasteiger partial charge >= 0.3 is 0 Å². The molecule has 0 atom stereocenters. The van der Waals surface area contributed by atoms with Crippen LogP contribution in [0.2, 0.25) is 0 Å². The fourth-order valence-corrected chi connectivity index (χ4v) is 4.62. The molecule has 0 bridgehead atoms. The molecule has 0 radical (unpaired) electrons. The van der Waals surface area contributed by atoms with Crippen molar-refractivity contribution >= 4 is 35.1 Å². The number of halogens is 5. The maximum atomic E-state index is 14.9. The smallest absolute Gasteiger partial charge is 0.264 e.